The summed E-state index contributed by atoms with van der Waals surface area (Å²) in [6, 6.07) is 15.2. The van der Waals surface area contributed by atoms with Crippen LogP contribution in [-0.4, -0.2) is 17.6 Å². The number of benzene rings is 2. The van der Waals surface area contributed by atoms with E-state index in [2.05, 4.69) is 10.9 Å². The van der Waals surface area contributed by atoms with Crippen molar-refractivity contribution in [2.45, 2.75) is 24.7 Å². The summed E-state index contributed by atoms with van der Waals surface area (Å²) in [5.74, 6) is 0.179. The van der Waals surface area contributed by atoms with E-state index in [1.165, 1.54) is 5.56 Å². The number of hydrogen-bond donors (Lipinski definition) is 2. The van der Waals surface area contributed by atoms with Gasteiger partial charge in [-0.05, 0) is 36.8 Å². The minimum absolute atomic E-state index is 0.190. The highest BCUT2D eigenvalue weighted by atomic mass is 35.5. The van der Waals surface area contributed by atoms with Gasteiger partial charge in [0.1, 0.15) is 0 Å². The van der Waals surface area contributed by atoms with Crippen LogP contribution >= 0.6 is 23.4 Å². The molecule has 0 unspecified atom stereocenters. The van der Waals surface area contributed by atoms with Crippen LogP contribution in [0.5, 0.6) is 0 Å². The van der Waals surface area contributed by atoms with Crippen molar-refractivity contribution < 1.29 is 9.59 Å². The molecule has 0 aliphatic carbocycles. The monoisotopic (exact) mass is 362 g/mol. The number of hydrazine groups is 1. The molecular formula is C18H19ClN2O2S. The first kappa shape index (κ1) is 18.4. The summed E-state index contributed by atoms with van der Waals surface area (Å²) in [6.07, 6.45) is 0.523. The van der Waals surface area contributed by atoms with Crippen LogP contribution in [0.2, 0.25) is 5.02 Å². The number of rotatable bonds is 6. The van der Waals surface area contributed by atoms with Crippen molar-refractivity contribution in [3.63, 3.8) is 0 Å². The maximum Gasteiger partial charge on any atom is 0.242 e. The molecule has 6 heteroatoms. The molecular weight excluding hydrogens is 344 g/mol. The van der Waals surface area contributed by atoms with Crippen LogP contribution in [0.1, 0.15) is 17.5 Å². The number of nitrogens with one attached hydrogen (secondary N) is 2. The van der Waals surface area contributed by atoms with Crippen molar-refractivity contribution in [3.8, 4) is 0 Å². The first-order valence-electron chi connectivity index (χ1n) is 7.54. The second-order valence-electron chi connectivity index (χ2n) is 5.31. The largest absolute Gasteiger partial charge is 0.273 e. The average molecular weight is 363 g/mol. The second-order valence-corrected chi connectivity index (χ2v) is 6.92. The summed E-state index contributed by atoms with van der Waals surface area (Å²) in [6.45, 7) is 2.04. The topological polar surface area (TPSA) is 58.2 Å². The van der Waals surface area contributed by atoms with Crippen LogP contribution < -0.4 is 10.9 Å². The van der Waals surface area contributed by atoms with Gasteiger partial charge in [-0.1, -0.05) is 41.4 Å². The van der Waals surface area contributed by atoms with Crippen molar-refractivity contribution in [2.24, 2.45) is 0 Å². The number of aryl methyl sites for hydroxylation is 1. The Hall–Kier alpha value is -1.98. The lowest BCUT2D eigenvalue weighted by Crippen LogP contribution is -2.42. The molecule has 24 heavy (non-hydrogen) atoms. The van der Waals surface area contributed by atoms with E-state index in [9.17, 15) is 9.59 Å². The zero-order valence-electron chi connectivity index (χ0n) is 13.3. The van der Waals surface area contributed by atoms with Crippen molar-refractivity contribution in [3.05, 3.63) is 64.7 Å². The average Bonchev–Trinajstić information content (AvgIpc) is 2.57. The number of carbonyl (C=O) groups excluding carboxylic acids is 2. The Kier molecular flexibility index (Phi) is 7.15. The normalized spacial score (nSPS) is 10.2. The summed E-state index contributed by atoms with van der Waals surface area (Å²) in [4.78, 5) is 24.6. The maximum atomic E-state index is 11.8. The molecule has 0 aliphatic heterocycles. The van der Waals surface area contributed by atoms with Gasteiger partial charge in [0, 0.05) is 22.1 Å². The van der Waals surface area contributed by atoms with Crippen LogP contribution in [0, 0.1) is 6.92 Å². The van der Waals surface area contributed by atoms with Gasteiger partial charge >= 0.3 is 0 Å². The van der Waals surface area contributed by atoms with E-state index in [-0.39, 0.29) is 18.2 Å². The van der Waals surface area contributed by atoms with Crippen LogP contribution in [-0.2, 0) is 16.0 Å². The lowest BCUT2D eigenvalue weighted by atomic mass is 10.1. The fraction of sp³-hybridized carbons (Fsp3) is 0.222. The highest BCUT2D eigenvalue weighted by Gasteiger charge is 2.06. The second kappa shape index (κ2) is 9.35. The smallest absolute Gasteiger partial charge is 0.242 e. The van der Waals surface area contributed by atoms with E-state index >= 15 is 0 Å². The van der Waals surface area contributed by atoms with Crippen LogP contribution in [0.4, 0.5) is 0 Å². The molecule has 0 saturated carbocycles. The van der Waals surface area contributed by atoms with Gasteiger partial charge in [-0.15, -0.1) is 11.8 Å². The van der Waals surface area contributed by atoms with Gasteiger partial charge in [0.15, 0.2) is 0 Å². The molecule has 2 rings (SSSR count). The summed E-state index contributed by atoms with van der Waals surface area (Å²) in [5, 5.41) is 0.624. The van der Waals surface area contributed by atoms with Crippen LogP contribution in [0.25, 0.3) is 0 Å². The number of amides is 2. The van der Waals surface area contributed by atoms with Crippen LogP contribution in [0.3, 0.4) is 0 Å². The van der Waals surface area contributed by atoms with Gasteiger partial charge in [-0.2, -0.15) is 0 Å². The fourth-order valence-corrected chi connectivity index (χ4v) is 2.91. The molecule has 0 saturated heterocycles. The number of halogens is 1. The summed E-state index contributed by atoms with van der Waals surface area (Å²) in [5.41, 5.74) is 6.90. The van der Waals surface area contributed by atoms with Gasteiger partial charge in [0.05, 0.1) is 6.42 Å². The Morgan fingerprint density at radius 1 is 0.958 bits per heavy atom. The van der Waals surface area contributed by atoms with Crippen molar-refractivity contribution in [1.29, 1.82) is 0 Å². The Balaban J connectivity index is 1.64. The molecule has 0 heterocycles. The Morgan fingerprint density at radius 2 is 1.58 bits per heavy atom. The van der Waals surface area contributed by atoms with E-state index in [1.54, 1.807) is 36.0 Å². The Morgan fingerprint density at radius 3 is 2.25 bits per heavy atom. The quantitative estimate of drug-likeness (QED) is 0.610. The van der Waals surface area contributed by atoms with E-state index in [4.69, 9.17) is 11.6 Å². The zero-order chi connectivity index (χ0) is 17.4. The summed E-state index contributed by atoms with van der Waals surface area (Å²) < 4.78 is 0. The van der Waals surface area contributed by atoms with Gasteiger partial charge in [0.25, 0.3) is 0 Å². The van der Waals surface area contributed by atoms with Crippen molar-refractivity contribution in [1.82, 2.24) is 10.9 Å². The van der Waals surface area contributed by atoms with Gasteiger partial charge in [-0.3, -0.25) is 20.4 Å². The molecule has 126 valence electrons. The first-order chi connectivity index (χ1) is 11.5. The first-order valence-corrected chi connectivity index (χ1v) is 8.91. The molecule has 2 aromatic carbocycles. The molecule has 2 N–H and O–H groups in total. The molecule has 0 atom stereocenters. The molecule has 0 aliphatic rings. The number of thioether (sulfide) groups is 1. The molecule has 4 nitrogen and oxygen atoms in total. The molecule has 0 aromatic heterocycles. The van der Waals surface area contributed by atoms with E-state index in [0.29, 0.717) is 17.2 Å². The van der Waals surface area contributed by atoms with Crippen molar-refractivity contribution >= 4 is 35.2 Å². The number of hydrogen-bond acceptors (Lipinski definition) is 3. The standard InChI is InChI=1S/C18H19ClN2O2S/c1-13-2-8-16(9-3-13)24-11-10-17(22)20-21-18(23)12-14-4-6-15(19)7-5-14/h2-9H,10-12H2,1H3,(H,20,22)(H,21,23). The summed E-state index contributed by atoms with van der Waals surface area (Å²) >= 11 is 7.40. The maximum absolute atomic E-state index is 11.8. The Bertz CT molecular complexity index is 687. The third kappa shape index (κ3) is 6.64. The summed E-state index contributed by atoms with van der Waals surface area (Å²) in [7, 11) is 0. The lowest BCUT2D eigenvalue weighted by molar-refractivity contribution is -0.128. The Labute approximate surface area is 150 Å². The van der Waals surface area contributed by atoms with Crippen molar-refractivity contribution in [2.75, 3.05) is 5.75 Å². The molecule has 0 fully saturated rings. The molecule has 0 bridgehead atoms. The van der Waals surface area contributed by atoms with Gasteiger partial charge in [-0.25, -0.2) is 0 Å². The third-order valence-corrected chi connectivity index (χ3v) is 4.50. The fourth-order valence-electron chi connectivity index (χ4n) is 1.93. The SMILES string of the molecule is Cc1ccc(SCCC(=O)NNC(=O)Cc2ccc(Cl)cc2)cc1. The van der Waals surface area contributed by atoms with Gasteiger partial charge in [0.2, 0.25) is 11.8 Å². The number of carbonyl (C=O) groups is 2. The minimum Gasteiger partial charge on any atom is -0.273 e. The zero-order valence-corrected chi connectivity index (χ0v) is 14.9. The minimum atomic E-state index is -0.267. The molecule has 0 spiro atoms. The van der Waals surface area contributed by atoms with Crippen LogP contribution in [0.15, 0.2) is 53.4 Å². The third-order valence-electron chi connectivity index (χ3n) is 3.24. The van der Waals surface area contributed by atoms with E-state index in [1.807, 2.05) is 31.2 Å². The predicted molar refractivity (Wildman–Crippen MR) is 98.0 cm³/mol. The van der Waals surface area contributed by atoms with E-state index in [0.717, 1.165) is 10.5 Å². The molecule has 0 radical (unpaired) electrons. The predicted octanol–water partition coefficient (Wildman–Crippen LogP) is 3.52. The molecule has 2 amide bonds. The lowest BCUT2D eigenvalue weighted by Gasteiger charge is -2.07. The highest BCUT2D eigenvalue weighted by Crippen LogP contribution is 2.18. The molecule has 2 aromatic rings. The van der Waals surface area contributed by atoms with Gasteiger partial charge < -0.3 is 0 Å². The van der Waals surface area contributed by atoms with E-state index < -0.39 is 0 Å². The highest BCUT2D eigenvalue weighted by molar-refractivity contribution is 7.99.